The Morgan fingerprint density at radius 3 is 3.12 bits per heavy atom. The monoisotopic (exact) mass is 363 g/mol. The quantitative estimate of drug-likeness (QED) is 0.671. The first-order valence-corrected chi connectivity index (χ1v) is 9.15. The normalized spacial score (nSPS) is 13.5. The van der Waals surface area contributed by atoms with Gasteiger partial charge in [-0.15, -0.1) is 21.5 Å². The van der Waals surface area contributed by atoms with Crippen LogP contribution in [0.4, 0.5) is 0 Å². The maximum absolute atomic E-state index is 12.7. The van der Waals surface area contributed by atoms with E-state index >= 15 is 0 Å². The summed E-state index contributed by atoms with van der Waals surface area (Å²) in [6, 6.07) is 0. The van der Waals surface area contributed by atoms with Crippen molar-refractivity contribution in [2.75, 3.05) is 5.75 Å². The highest BCUT2D eigenvalue weighted by Gasteiger charge is 2.21. The lowest BCUT2D eigenvalue weighted by atomic mass is 10.2. The number of thioether (sulfide) groups is 1. The van der Waals surface area contributed by atoms with Crippen LogP contribution in [-0.2, 0) is 24.2 Å². The van der Waals surface area contributed by atoms with Crippen LogP contribution in [0.5, 0.6) is 0 Å². The molecule has 0 unspecified atom stereocenters. The zero-order chi connectivity index (χ0) is 16.7. The van der Waals surface area contributed by atoms with Crippen LogP contribution in [-0.4, -0.2) is 31.4 Å². The van der Waals surface area contributed by atoms with Gasteiger partial charge in [0.1, 0.15) is 11.4 Å². The average molecular weight is 363 g/mol. The summed E-state index contributed by atoms with van der Waals surface area (Å²) < 4.78 is 6.90. The van der Waals surface area contributed by atoms with E-state index in [0.29, 0.717) is 0 Å². The van der Waals surface area contributed by atoms with Crippen molar-refractivity contribution in [2.45, 2.75) is 31.0 Å². The van der Waals surface area contributed by atoms with E-state index in [9.17, 15) is 9.59 Å². The van der Waals surface area contributed by atoms with Crippen molar-refractivity contribution in [2.24, 2.45) is 5.73 Å². The molecule has 0 atom stereocenters. The molecule has 3 aromatic rings. The number of aryl methyl sites for hydroxylation is 2. The van der Waals surface area contributed by atoms with Gasteiger partial charge in [-0.25, -0.2) is 4.98 Å². The van der Waals surface area contributed by atoms with E-state index in [1.807, 2.05) is 0 Å². The van der Waals surface area contributed by atoms with Gasteiger partial charge in [-0.2, -0.15) is 0 Å². The SMILES string of the molecule is NC(=O)CSc1nnc(Cn2cnc3sc4c(c3c2=O)CCC4)o1. The molecule has 0 aromatic carbocycles. The minimum Gasteiger partial charge on any atom is -0.414 e. The molecule has 124 valence electrons. The van der Waals surface area contributed by atoms with Gasteiger partial charge in [0.2, 0.25) is 11.8 Å². The Hall–Kier alpha value is -2.20. The summed E-state index contributed by atoms with van der Waals surface area (Å²) in [6.45, 7) is 0.149. The van der Waals surface area contributed by atoms with Crippen molar-refractivity contribution in [3.8, 4) is 0 Å². The molecular weight excluding hydrogens is 350 g/mol. The molecule has 24 heavy (non-hydrogen) atoms. The van der Waals surface area contributed by atoms with E-state index in [1.165, 1.54) is 15.8 Å². The van der Waals surface area contributed by atoms with Crippen LogP contribution in [0.25, 0.3) is 10.2 Å². The number of carbonyl (C=O) groups excluding carboxylic acids is 1. The predicted octanol–water partition coefficient (Wildman–Crippen LogP) is 0.955. The zero-order valence-corrected chi connectivity index (χ0v) is 14.2. The third kappa shape index (κ3) is 2.71. The smallest absolute Gasteiger partial charge is 0.277 e. The highest BCUT2D eigenvalue weighted by atomic mass is 32.2. The zero-order valence-electron chi connectivity index (χ0n) is 12.5. The molecule has 1 amide bonds. The number of hydrogen-bond acceptors (Lipinski definition) is 8. The Labute approximate surface area is 144 Å². The van der Waals surface area contributed by atoms with E-state index in [2.05, 4.69) is 15.2 Å². The number of thiophene rings is 1. The van der Waals surface area contributed by atoms with Crippen LogP contribution in [0.2, 0.25) is 0 Å². The average Bonchev–Trinajstić information content (AvgIpc) is 3.23. The minimum atomic E-state index is -0.461. The molecule has 3 aromatic heterocycles. The fourth-order valence-corrected chi connectivity index (χ4v) is 4.51. The molecule has 0 fully saturated rings. The summed E-state index contributed by atoms with van der Waals surface area (Å²) in [6.07, 6.45) is 4.57. The molecule has 8 nitrogen and oxygen atoms in total. The Kier molecular flexibility index (Phi) is 3.85. The highest BCUT2D eigenvalue weighted by molar-refractivity contribution is 7.99. The van der Waals surface area contributed by atoms with Gasteiger partial charge in [0.25, 0.3) is 10.8 Å². The van der Waals surface area contributed by atoms with Crippen LogP contribution in [0, 0.1) is 0 Å². The molecule has 0 aliphatic heterocycles. The number of nitrogens with zero attached hydrogens (tertiary/aromatic N) is 4. The van der Waals surface area contributed by atoms with E-state index in [-0.39, 0.29) is 29.0 Å². The topological polar surface area (TPSA) is 117 Å². The molecule has 0 saturated carbocycles. The second-order valence-electron chi connectivity index (χ2n) is 5.43. The largest absolute Gasteiger partial charge is 0.414 e. The fraction of sp³-hybridized carbons (Fsp3) is 0.357. The van der Waals surface area contributed by atoms with Gasteiger partial charge in [0, 0.05) is 4.88 Å². The van der Waals surface area contributed by atoms with Crippen LogP contribution in [0.1, 0.15) is 22.8 Å². The lowest BCUT2D eigenvalue weighted by molar-refractivity contribution is -0.115. The van der Waals surface area contributed by atoms with Crippen LogP contribution in [0.15, 0.2) is 20.8 Å². The molecular formula is C14H13N5O3S2. The summed E-state index contributed by atoms with van der Waals surface area (Å²) in [7, 11) is 0. The van der Waals surface area contributed by atoms with E-state index < -0.39 is 5.91 Å². The standard InChI is InChI=1S/C14H13N5O3S2/c15-9(20)5-23-14-18-17-10(22-14)4-19-6-16-12-11(13(19)21)7-2-1-3-8(7)24-12/h6H,1-5H2,(H2,15,20). The van der Waals surface area contributed by atoms with Gasteiger partial charge in [-0.3, -0.25) is 14.2 Å². The van der Waals surface area contributed by atoms with Crippen molar-refractivity contribution in [3.63, 3.8) is 0 Å². The summed E-state index contributed by atoms with van der Waals surface area (Å²) >= 11 is 2.67. The van der Waals surface area contributed by atoms with E-state index in [0.717, 1.165) is 46.8 Å². The summed E-state index contributed by atoms with van der Waals surface area (Å²) in [4.78, 5) is 30.0. The number of nitrogens with two attached hydrogens (primary N) is 1. The Morgan fingerprint density at radius 2 is 2.29 bits per heavy atom. The Balaban J connectivity index is 1.62. The molecule has 1 aliphatic rings. The van der Waals surface area contributed by atoms with Gasteiger partial charge in [-0.1, -0.05) is 11.8 Å². The van der Waals surface area contributed by atoms with Crippen LogP contribution >= 0.6 is 23.1 Å². The van der Waals surface area contributed by atoms with Gasteiger partial charge >= 0.3 is 0 Å². The first-order valence-electron chi connectivity index (χ1n) is 7.35. The lowest BCUT2D eigenvalue weighted by Crippen LogP contribution is -2.21. The van der Waals surface area contributed by atoms with Crippen LogP contribution < -0.4 is 11.3 Å². The molecule has 1 aliphatic carbocycles. The molecule has 2 N–H and O–H groups in total. The first kappa shape index (κ1) is 15.3. The maximum Gasteiger partial charge on any atom is 0.277 e. The van der Waals surface area contributed by atoms with Gasteiger partial charge in [0.15, 0.2) is 0 Å². The molecule has 3 heterocycles. The number of primary amides is 1. The summed E-state index contributed by atoms with van der Waals surface area (Å²) in [5, 5.41) is 8.70. The second kappa shape index (κ2) is 6.02. The summed E-state index contributed by atoms with van der Waals surface area (Å²) in [5.41, 5.74) is 6.14. The van der Waals surface area contributed by atoms with Gasteiger partial charge in [0.05, 0.1) is 17.5 Å². The molecule has 0 saturated heterocycles. The third-order valence-electron chi connectivity index (χ3n) is 3.78. The van der Waals surface area contributed by atoms with Crippen LogP contribution in [0.3, 0.4) is 0 Å². The molecule has 0 radical (unpaired) electrons. The highest BCUT2D eigenvalue weighted by Crippen LogP contribution is 2.34. The third-order valence-corrected chi connectivity index (χ3v) is 5.82. The van der Waals surface area contributed by atoms with Crippen molar-refractivity contribution >= 4 is 39.2 Å². The molecule has 0 bridgehead atoms. The molecule has 0 spiro atoms. The summed E-state index contributed by atoms with van der Waals surface area (Å²) in [5.74, 6) is -0.107. The molecule has 4 rings (SSSR count). The number of carbonyl (C=O) groups is 1. The Morgan fingerprint density at radius 1 is 1.42 bits per heavy atom. The predicted molar refractivity (Wildman–Crippen MR) is 89.2 cm³/mol. The van der Waals surface area contributed by atoms with E-state index in [1.54, 1.807) is 11.3 Å². The van der Waals surface area contributed by atoms with Gasteiger partial charge < -0.3 is 10.2 Å². The van der Waals surface area contributed by atoms with Crippen molar-refractivity contribution in [1.29, 1.82) is 0 Å². The molecule has 10 heteroatoms. The number of aromatic nitrogens is 4. The number of hydrogen-bond donors (Lipinski definition) is 1. The second-order valence-corrected chi connectivity index (χ2v) is 7.44. The van der Waals surface area contributed by atoms with Crippen molar-refractivity contribution < 1.29 is 9.21 Å². The van der Waals surface area contributed by atoms with Crippen molar-refractivity contribution in [3.05, 3.63) is 33.0 Å². The minimum absolute atomic E-state index is 0.0656. The maximum atomic E-state index is 12.7. The number of rotatable bonds is 5. The van der Waals surface area contributed by atoms with Gasteiger partial charge in [-0.05, 0) is 24.8 Å². The van der Waals surface area contributed by atoms with Crippen molar-refractivity contribution in [1.82, 2.24) is 19.7 Å². The first-order chi connectivity index (χ1) is 11.6. The number of amides is 1. The number of fused-ring (bicyclic) bond motifs is 3. The Bertz CT molecular complexity index is 990. The fourth-order valence-electron chi connectivity index (χ4n) is 2.77. The van der Waals surface area contributed by atoms with E-state index in [4.69, 9.17) is 10.2 Å². The lowest BCUT2D eigenvalue weighted by Gasteiger charge is -2.02.